The van der Waals surface area contributed by atoms with Gasteiger partial charge in [0.25, 0.3) is 0 Å². The zero-order valence-corrected chi connectivity index (χ0v) is 13.8. The Morgan fingerprint density at radius 2 is 1.82 bits per heavy atom. The summed E-state index contributed by atoms with van der Waals surface area (Å²) in [4.78, 5) is 2.12. The minimum absolute atomic E-state index is 0. The maximum absolute atomic E-state index is 12.8. The molecule has 128 valence electrons. The first kappa shape index (κ1) is 21.3. The molecule has 2 N–H and O–H groups in total. The van der Waals surface area contributed by atoms with E-state index in [-0.39, 0.29) is 36.6 Å². The van der Waals surface area contributed by atoms with Crippen molar-refractivity contribution in [1.82, 2.24) is 10.2 Å². The van der Waals surface area contributed by atoms with Crippen LogP contribution in [0.4, 0.5) is 13.2 Å². The van der Waals surface area contributed by atoms with Crippen LogP contribution in [0.15, 0.2) is 18.2 Å². The minimum Gasteiger partial charge on any atom is -0.508 e. The molecule has 1 fully saturated rings. The predicted octanol–water partition coefficient (Wildman–Crippen LogP) is 3.61. The van der Waals surface area contributed by atoms with Gasteiger partial charge in [-0.05, 0) is 24.6 Å². The van der Waals surface area contributed by atoms with E-state index in [1.807, 2.05) is 6.92 Å². The molecule has 1 atom stereocenters. The van der Waals surface area contributed by atoms with Crippen LogP contribution in [0.5, 0.6) is 5.75 Å². The Hall–Kier alpha value is -0.690. The summed E-state index contributed by atoms with van der Waals surface area (Å²) in [6, 6.07) is 2.96. The van der Waals surface area contributed by atoms with Gasteiger partial charge in [-0.15, -0.1) is 24.8 Å². The van der Waals surface area contributed by atoms with E-state index in [0.717, 1.165) is 44.4 Å². The Morgan fingerprint density at radius 3 is 2.32 bits per heavy atom. The molecule has 1 aromatic carbocycles. The van der Waals surface area contributed by atoms with Crippen LogP contribution in [0.25, 0.3) is 0 Å². The van der Waals surface area contributed by atoms with Gasteiger partial charge in [0.2, 0.25) is 0 Å². The average molecular weight is 361 g/mol. The second-order valence-corrected chi connectivity index (χ2v) is 4.98. The lowest BCUT2D eigenvalue weighted by Gasteiger charge is -2.35. The molecule has 1 saturated heterocycles. The van der Waals surface area contributed by atoms with Gasteiger partial charge >= 0.3 is 6.18 Å². The number of phenols is 1. The van der Waals surface area contributed by atoms with Crippen molar-refractivity contribution in [1.29, 1.82) is 0 Å². The number of piperazine rings is 1. The molecule has 8 heteroatoms. The van der Waals surface area contributed by atoms with Gasteiger partial charge in [0.1, 0.15) is 5.75 Å². The largest absolute Gasteiger partial charge is 0.508 e. The standard InChI is InChI=1S/C14H19F3N2O.2ClH/c1-2-12(19-7-5-18-6-8-19)11-9-10(14(15,16)17)3-4-13(11)20;;/h3-4,9,12,18,20H,2,5-8H2,1H3;2*1H/t12-;;/m1../s1. The fourth-order valence-electron chi connectivity index (χ4n) is 2.67. The fraction of sp³-hybridized carbons (Fsp3) is 0.571. The zero-order chi connectivity index (χ0) is 14.8. The van der Waals surface area contributed by atoms with E-state index in [1.165, 1.54) is 0 Å². The smallest absolute Gasteiger partial charge is 0.416 e. The molecule has 22 heavy (non-hydrogen) atoms. The minimum atomic E-state index is -4.38. The maximum atomic E-state index is 12.8. The Bertz CT molecular complexity index is 466. The van der Waals surface area contributed by atoms with Crippen molar-refractivity contribution in [3.05, 3.63) is 29.3 Å². The lowest BCUT2D eigenvalue weighted by atomic mass is 9.98. The quantitative estimate of drug-likeness (QED) is 0.864. The topological polar surface area (TPSA) is 35.5 Å². The Balaban J connectivity index is 0.00000220. The summed E-state index contributed by atoms with van der Waals surface area (Å²) in [7, 11) is 0. The third-order valence-corrected chi connectivity index (χ3v) is 3.69. The summed E-state index contributed by atoms with van der Waals surface area (Å²) in [6.45, 7) is 5.10. The van der Waals surface area contributed by atoms with E-state index in [1.54, 1.807) is 0 Å². The highest BCUT2D eigenvalue weighted by molar-refractivity contribution is 5.85. The van der Waals surface area contributed by atoms with Gasteiger partial charge in [-0.25, -0.2) is 0 Å². The molecule has 0 aliphatic carbocycles. The van der Waals surface area contributed by atoms with Gasteiger partial charge in [0, 0.05) is 37.8 Å². The van der Waals surface area contributed by atoms with E-state index >= 15 is 0 Å². The molecule has 3 nitrogen and oxygen atoms in total. The van der Waals surface area contributed by atoms with E-state index in [9.17, 15) is 18.3 Å². The summed E-state index contributed by atoms with van der Waals surface area (Å²) in [5.74, 6) is -0.0663. The molecule has 0 aromatic heterocycles. The maximum Gasteiger partial charge on any atom is 0.416 e. The molecule has 0 radical (unpaired) electrons. The van der Waals surface area contributed by atoms with Crippen LogP contribution in [-0.4, -0.2) is 36.2 Å². The lowest BCUT2D eigenvalue weighted by molar-refractivity contribution is -0.137. The van der Waals surface area contributed by atoms with Gasteiger partial charge in [0.05, 0.1) is 5.56 Å². The number of aromatic hydroxyl groups is 1. The number of halogens is 5. The Morgan fingerprint density at radius 1 is 1.23 bits per heavy atom. The van der Waals surface area contributed by atoms with Crippen molar-refractivity contribution < 1.29 is 18.3 Å². The van der Waals surface area contributed by atoms with Gasteiger partial charge in [0.15, 0.2) is 0 Å². The van der Waals surface area contributed by atoms with Crippen molar-refractivity contribution in [3.63, 3.8) is 0 Å². The first-order valence-corrected chi connectivity index (χ1v) is 6.78. The second-order valence-electron chi connectivity index (χ2n) is 4.98. The average Bonchev–Trinajstić information content (AvgIpc) is 2.41. The number of rotatable bonds is 3. The van der Waals surface area contributed by atoms with Gasteiger partial charge in [-0.3, -0.25) is 4.90 Å². The first-order valence-electron chi connectivity index (χ1n) is 6.78. The number of phenolic OH excluding ortho intramolecular Hbond substituents is 1. The van der Waals surface area contributed by atoms with Crippen LogP contribution >= 0.6 is 24.8 Å². The normalized spacial score (nSPS) is 17.3. The number of hydrogen-bond acceptors (Lipinski definition) is 3. The SMILES string of the molecule is CC[C@H](c1cc(C(F)(F)F)ccc1O)N1CCNCC1.Cl.Cl. The Labute approximate surface area is 140 Å². The summed E-state index contributed by atoms with van der Waals surface area (Å²) in [6.07, 6.45) is -3.72. The number of nitrogens with zero attached hydrogens (tertiary/aromatic N) is 1. The molecule has 0 saturated carbocycles. The molecule has 1 aliphatic heterocycles. The number of hydrogen-bond donors (Lipinski definition) is 2. The molecule has 0 unspecified atom stereocenters. The van der Waals surface area contributed by atoms with Crippen LogP contribution in [0.1, 0.15) is 30.5 Å². The molecule has 1 heterocycles. The molecule has 1 aliphatic rings. The van der Waals surface area contributed by atoms with Crippen LogP contribution < -0.4 is 5.32 Å². The van der Waals surface area contributed by atoms with Crippen molar-refractivity contribution >= 4 is 24.8 Å². The van der Waals surface area contributed by atoms with Crippen molar-refractivity contribution in [2.24, 2.45) is 0 Å². The second kappa shape index (κ2) is 8.82. The van der Waals surface area contributed by atoms with E-state index in [2.05, 4.69) is 10.2 Å². The molecule has 0 amide bonds. The van der Waals surface area contributed by atoms with Gasteiger partial charge in [-0.2, -0.15) is 13.2 Å². The number of alkyl halides is 3. The van der Waals surface area contributed by atoms with Crippen LogP contribution in [-0.2, 0) is 6.18 Å². The summed E-state index contributed by atoms with van der Waals surface area (Å²) < 4.78 is 38.4. The predicted molar refractivity (Wildman–Crippen MR) is 85.1 cm³/mol. The molecule has 0 spiro atoms. The lowest BCUT2D eigenvalue weighted by Crippen LogP contribution is -2.45. The molecular formula is C14H21Cl2F3N2O. The van der Waals surface area contributed by atoms with E-state index in [4.69, 9.17) is 0 Å². The van der Waals surface area contributed by atoms with Crippen LogP contribution in [0.3, 0.4) is 0 Å². The molecule has 0 bridgehead atoms. The van der Waals surface area contributed by atoms with E-state index in [0.29, 0.717) is 12.0 Å². The number of benzene rings is 1. The monoisotopic (exact) mass is 360 g/mol. The highest BCUT2D eigenvalue weighted by Crippen LogP contribution is 2.37. The summed E-state index contributed by atoms with van der Waals surface area (Å²) >= 11 is 0. The number of nitrogens with one attached hydrogen (secondary N) is 1. The van der Waals surface area contributed by atoms with Gasteiger partial charge in [-0.1, -0.05) is 6.92 Å². The summed E-state index contributed by atoms with van der Waals surface area (Å²) in [5.41, 5.74) is -0.344. The third kappa shape index (κ3) is 4.91. The highest BCUT2D eigenvalue weighted by atomic mass is 35.5. The van der Waals surface area contributed by atoms with Crippen molar-refractivity contribution in [2.45, 2.75) is 25.6 Å². The molecule has 1 aromatic rings. The van der Waals surface area contributed by atoms with E-state index < -0.39 is 11.7 Å². The first-order chi connectivity index (χ1) is 9.43. The van der Waals surface area contributed by atoms with Crippen LogP contribution in [0.2, 0.25) is 0 Å². The molecule has 2 rings (SSSR count). The zero-order valence-electron chi connectivity index (χ0n) is 12.2. The van der Waals surface area contributed by atoms with Crippen molar-refractivity contribution in [3.8, 4) is 5.75 Å². The highest BCUT2D eigenvalue weighted by Gasteiger charge is 2.32. The Kier molecular flexibility index (Phi) is 8.54. The van der Waals surface area contributed by atoms with Gasteiger partial charge < -0.3 is 10.4 Å². The summed E-state index contributed by atoms with van der Waals surface area (Å²) in [5, 5.41) is 13.1. The van der Waals surface area contributed by atoms with Crippen LogP contribution in [0, 0.1) is 0 Å². The van der Waals surface area contributed by atoms with Crippen molar-refractivity contribution in [2.75, 3.05) is 26.2 Å². The fourth-order valence-corrected chi connectivity index (χ4v) is 2.67. The third-order valence-electron chi connectivity index (χ3n) is 3.69. The molecular weight excluding hydrogens is 340 g/mol.